The van der Waals surface area contributed by atoms with Gasteiger partial charge in [0.1, 0.15) is 12.7 Å². The number of aliphatic hydroxyl groups is 1. The number of aliphatic hydroxyl groups excluding tert-OH is 1. The number of ether oxygens (including phenoxy) is 2. The van der Waals surface area contributed by atoms with Crippen molar-refractivity contribution in [1.29, 1.82) is 0 Å². The molecule has 1 aliphatic heterocycles. The van der Waals surface area contributed by atoms with Crippen LogP contribution in [0.1, 0.15) is 17.2 Å². The summed E-state index contributed by atoms with van der Waals surface area (Å²) in [5.41, 5.74) is 2.18. The molecule has 23 heavy (non-hydrogen) atoms. The van der Waals surface area contributed by atoms with Crippen LogP contribution >= 0.6 is 15.9 Å². The normalized spacial score (nSPS) is 19.8. The Kier molecular flexibility index (Phi) is 5.20. The number of benzene rings is 2. The highest BCUT2D eigenvalue weighted by molar-refractivity contribution is 9.10. The van der Waals surface area contributed by atoms with Gasteiger partial charge >= 0.3 is 0 Å². The molecule has 0 amide bonds. The summed E-state index contributed by atoms with van der Waals surface area (Å²) in [6.45, 7) is 1.03. The molecule has 0 aromatic heterocycles. The van der Waals surface area contributed by atoms with Crippen molar-refractivity contribution >= 4 is 15.9 Å². The Hall–Kier alpha value is -1.56. The lowest BCUT2D eigenvalue weighted by atomic mass is 9.97. The van der Waals surface area contributed by atoms with Crippen LogP contribution in [0, 0.1) is 0 Å². The summed E-state index contributed by atoms with van der Waals surface area (Å²) in [7, 11) is 1.62. The molecular formula is C18H20BrNO3. The van der Waals surface area contributed by atoms with E-state index < -0.39 is 6.10 Å². The van der Waals surface area contributed by atoms with E-state index in [1.807, 2.05) is 30.3 Å². The average molecular weight is 378 g/mol. The molecule has 0 fully saturated rings. The molecule has 2 atom stereocenters. The number of nitrogens with one attached hydrogen (secondary N) is 1. The van der Waals surface area contributed by atoms with Crippen LogP contribution in [-0.2, 0) is 6.42 Å². The molecule has 0 spiro atoms. The van der Waals surface area contributed by atoms with Crippen molar-refractivity contribution in [1.82, 2.24) is 5.32 Å². The lowest BCUT2D eigenvalue weighted by Gasteiger charge is -2.33. The Morgan fingerprint density at radius 1 is 1.26 bits per heavy atom. The molecule has 2 unspecified atom stereocenters. The molecule has 4 nitrogen and oxygen atoms in total. The van der Waals surface area contributed by atoms with Gasteiger partial charge < -0.3 is 19.9 Å². The van der Waals surface area contributed by atoms with E-state index in [4.69, 9.17) is 9.47 Å². The van der Waals surface area contributed by atoms with Crippen LogP contribution in [0.4, 0.5) is 0 Å². The lowest BCUT2D eigenvalue weighted by molar-refractivity contribution is 0.0532. The first-order chi connectivity index (χ1) is 11.2. The van der Waals surface area contributed by atoms with Crippen molar-refractivity contribution in [3.63, 3.8) is 0 Å². The number of rotatable bonds is 5. The third kappa shape index (κ3) is 3.52. The van der Waals surface area contributed by atoms with Gasteiger partial charge in [-0.2, -0.15) is 0 Å². The fraction of sp³-hybridized carbons (Fsp3) is 0.333. The van der Waals surface area contributed by atoms with Gasteiger partial charge in [0.05, 0.1) is 13.2 Å². The zero-order chi connectivity index (χ0) is 16.2. The van der Waals surface area contributed by atoms with Crippen molar-refractivity contribution in [3.05, 3.63) is 58.1 Å². The van der Waals surface area contributed by atoms with Crippen LogP contribution in [0.3, 0.4) is 0 Å². The first-order valence-electron chi connectivity index (χ1n) is 7.65. The maximum atomic E-state index is 10.4. The quantitative estimate of drug-likeness (QED) is 0.840. The Morgan fingerprint density at radius 2 is 2.04 bits per heavy atom. The van der Waals surface area contributed by atoms with Crippen molar-refractivity contribution < 1.29 is 14.6 Å². The average Bonchev–Trinajstić information content (AvgIpc) is 2.58. The molecule has 122 valence electrons. The Labute approximate surface area is 144 Å². The fourth-order valence-electron chi connectivity index (χ4n) is 2.87. The van der Waals surface area contributed by atoms with Gasteiger partial charge in [-0.3, -0.25) is 0 Å². The van der Waals surface area contributed by atoms with Crippen molar-refractivity contribution in [2.45, 2.75) is 18.6 Å². The van der Waals surface area contributed by atoms with Gasteiger partial charge in [0, 0.05) is 10.0 Å². The molecule has 2 N–H and O–H groups in total. The number of methoxy groups -OCH3 is 1. The van der Waals surface area contributed by atoms with Gasteiger partial charge in [-0.25, -0.2) is 0 Å². The van der Waals surface area contributed by atoms with E-state index >= 15 is 0 Å². The van der Waals surface area contributed by atoms with Gasteiger partial charge in [0.2, 0.25) is 0 Å². The van der Waals surface area contributed by atoms with Gasteiger partial charge in [0.15, 0.2) is 11.5 Å². The molecule has 3 rings (SSSR count). The monoisotopic (exact) mass is 377 g/mol. The van der Waals surface area contributed by atoms with Crippen LogP contribution in [0.25, 0.3) is 0 Å². The zero-order valence-electron chi connectivity index (χ0n) is 13.0. The summed E-state index contributed by atoms with van der Waals surface area (Å²) in [6, 6.07) is 13.9. The van der Waals surface area contributed by atoms with E-state index in [1.165, 1.54) is 5.56 Å². The van der Waals surface area contributed by atoms with Gasteiger partial charge in [0.25, 0.3) is 0 Å². The Balaban J connectivity index is 1.77. The van der Waals surface area contributed by atoms with Crippen LogP contribution < -0.4 is 14.8 Å². The molecule has 0 aliphatic carbocycles. The van der Waals surface area contributed by atoms with Gasteiger partial charge in [-0.15, -0.1) is 0 Å². The molecule has 0 bridgehead atoms. The van der Waals surface area contributed by atoms with E-state index in [-0.39, 0.29) is 12.6 Å². The minimum atomic E-state index is -0.596. The zero-order valence-corrected chi connectivity index (χ0v) is 14.5. The molecule has 0 saturated heterocycles. The highest BCUT2D eigenvalue weighted by Crippen LogP contribution is 2.43. The van der Waals surface area contributed by atoms with E-state index in [0.717, 1.165) is 23.0 Å². The van der Waals surface area contributed by atoms with Crippen LogP contribution in [0.2, 0.25) is 0 Å². The second-order valence-corrected chi connectivity index (χ2v) is 6.39. The second-order valence-electron chi connectivity index (χ2n) is 5.54. The summed E-state index contributed by atoms with van der Waals surface area (Å²) < 4.78 is 12.0. The first-order valence-corrected chi connectivity index (χ1v) is 8.44. The van der Waals surface area contributed by atoms with Crippen molar-refractivity contribution in [2.24, 2.45) is 0 Å². The second kappa shape index (κ2) is 7.34. The molecule has 1 heterocycles. The third-order valence-corrected chi connectivity index (χ3v) is 4.73. The van der Waals surface area contributed by atoms with Crippen molar-refractivity contribution in [3.8, 4) is 11.5 Å². The SMILES string of the molecule is COc1ccc(Br)c2c1OCC(O)C2NCCc1ccccc1. The summed E-state index contributed by atoms with van der Waals surface area (Å²) in [4.78, 5) is 0. The summed E-state index contributed by atoms with van der Waals surface area (Å²) >= 11 is 3.56. The molecule has 2 aromatic rings. The summed E-state index contributed by atoms with van der Waals surface area (Å²) in [5, 5.41) is 13.8. The largest absolute Gasteiger partial charge is 0.493 e. The molecule has 0 saturated carbocycles. The van der Waals surface area contributed by atoms with Gasteiger partial charge in [-0.05, 0) is 30.7 Å². The van der Waals surface area contributed by atoms with Crippen LogP contribution in [0.5, 0.6) is 11.5 Å². The van der Waals surface area contributed by atoms with E-state index in [2.05, 4.69) is 33.4 Å². The summed E-state index contributed by atoms with van der Waals surface area (Å²) in [5.74, 6) is 1.38. The Bertz CT molecular complexity index is 663. The van der Waals surface area contributed by atoms with Gasteiger partial charge in [-0.1, -0.05) is 46.3 Å². The highest BCUT2D eigenvalue weighted by Gasteiger charge is 2.33. The van der Waals surface area contributed by atoms with E-state index in [0.29, 0.717) is 11.5 Å². The number of hydrogen-bond acceptors (Lipinski definition) is 4. The third-order valence-electron chi connectivity index (χ3n) is 4.04. The number of hydrogen-bond donors (Lipinski definition) is 2. The minimum Gasteiger partial charge on any atom is -0.493 e. The number of halogens is 1. The maximum Gasteiger partial charge on any atom is 0.167 e. The Morgan fingerprint density at radius 3 is 2.78 bits per heavy atom. The predicted molar refractivity (Wildman–Crippen MR) is 93.1 cm³/mol. The lowest BCUT2D eigenvalue weighted by Crippen LogP contribution is -2.40. The summed E-state index contributed by atoms with van der Waals surface area (Å²) in [6.07, 6.45) is 0.309. The number of fused-ring (bicyclic) bond motifs is 1. The standard InChI is InChI=1S/C18H20BrNO3/c1-22-15-8-7-13(19)16-17(14(21)11-23-18(15)16)20-10-9-12-5-3-2-4-6-12/h2-8,14,17,20-21H,9-11H2,1H3. The predicted octanol–water partition coefficient (Wildman–Crippen LogP) is 3.08. The van der Waals surface area contributed by atoms with Crippen LogP contribution in [-0.4, -0.2) is 31.5 Å². The van der Waals surface area contributed by atoms with E-state index in [9.17, 15) is 5.11 Å². The maximum absolute atomic E-state index is 10.4. The molecular weight excluding hydrogens is 358 g/mol. The topological polar surface area (TPSA) is 50.7 Å². The highest BCUT2D eigenvalue weighted by atomic mass is 79.9. The molecule has 2 aromatic carbocycles. The molecule has 1 aliphatic rings. The van der Waals surface area contributed by atoms with Crippen molar-refractivity contribution in [2.75, 3.05) is 20.3 Å². The molecule has 0 radical (unpaired) electrons. The van der Waals surface area contributed by atoms with Crippen LogP contribution in [0.15, 0.2) is 46.9 Å². The smallest absolute Gasteiger partial charge is 0.167 e. The minimum absolute atomic E-state index is 0.188. The first kappa shape index (κ1) is 16.3. The van der Waals surface area contributed by atoms with E-state index in [1.54, 1.807) is 7.11 Å². The fourth-order valence-corrected chi connectivity index (χ4v) is 3.43. The molecule has 5 heteroatoms.